The molecule has 0 fully saturated rings. The summed E-state index contributed by atoms with van der Waals surface area (Å²) in [6, 6.07) is 0. The molecule has 0 aliphatic heterocycles. The molecule has 0 aromatic rings. The topological polar surface area (TPSA) is 95.9 Å². The van der Waals surface area contributed by atoms with Gasteiger partial charge in [-0.05, 0) is 6.42 Å². The molecule has 0 rings (SSSR count). The normalized spacial score (nSPS) is 10.9. The van der Waals surface area contributed by atoms with Crippen molar-refractivity contribution in [2.45, 2.75) is 6.42 Å². The van der Waals surface area contributed by atoms with Crippen molar-refractivity contribution in [1.82, 2.24) is 4.72 Å². The Hall–Kier alpha value is 0.790. The van der Waals surface area contributed by atoms with Gasteiger partial charge in [0.05, 0.1) is 13.2 Å². The van der Waals surface area contributed by atoms with E-state index in [-0.39, 0.29) is 62.3 Å². The van der Waals surface area contributed by atoms with Crippen LogP contribution in [0.2, 0.25) is 0 Å². The zero-order valence-electron chi connectivity index (χ0n) is 6.56. The first-order chi connectivity index (χ1) is 5.62. The van der Waals surface area contributed by atoms with Crippen LogP contribution < -0.4 is 4.72 Å². The number of hydrogen-bond acceptors (Lipinski definition) is 5. The van der Waals surface area contributed by atoms with Crippen molar-refractivity contribution in [3.8, 4) is 0 Å². The second kappa shape index (κ2) is 9.35. The van der Waals surface area contributed by atoms with E-state index in [0.29, 0.717) is 0 Å². The first-order valence-electron chi connectivity index (χ1n) is 3.48. The van der Waals surface area contributed by atoms with Gasteiger partial charge in [0.1, 0.15) is 0 Å². The molecule has 0 saturated carbocycles. The van der Waals surface area contributed by atoms with Crippen molar-refractivity contribution in [3.05, 3.63) is 0 Å². The van der Waals surface area contributed by atoms with Crippen LogP contribution in [0, 0.1) is 0 Å². The molecule has 0 aromatic heterocycles. The van der Waals surface area contributed by atoms with Crippen molar-refractivity contribution in [2.24, 2.45) is 0 Å². The zero-order valence-corrected chi connectivity index (χ0v) is 7.38. The number of aliphatic hydroxyl groups is 2. The van der Waals surface area contributed by atoms with E-state index < -0.39 is 10.3 Å². The summed E-state index contributed by atoms with van der Waals surface area (Å²) in [5.41, 5.74) is 0. The van der Waals surface area contributed by atoms with Gasteiger partial charge in [0.2, 0.25) is 0 Å². The Morgan fingerprint density at radius 3 is 2.31 bits per heavy atom. The number of aliphatic hydroxyl groups excluding tert-OH is 2. The molecule has 13 heavy (non-hydrogen) atoms. The number of nitrogens with one attached hydrogen (secondary N) is 1. The van der Waals surface area contributed by atoms with Gasteiger partial charge in [-0.15, -0.1) is 0 Å². The maximum absolute atomic E-state index is 10.7. The third-order valence-electron chi connectivity index (χ3n) is 0.932. The molecule has 76 valence electrons. The average Bonchev–Trinajstić information content (AvgIpc) is 2.01. The second-order valence-corrected chi connectivity index (χ2v) is 3.40. The molecule has 0 radical (unpaired) electrons. The Labute approximate surface area is 99.8 Å². The Bertz CT molecular complexity index is 195. The fourth-order valence-corrected chi connectivity index (χ4v) is 1.21. The van der Waals surface area contributed by atoms with Crippen LogP contribution in [0.1, 0.15) is 6.42 Å². The summed E-state index contributed by atoms with van der Waals surface area (Å²) < 4.78 is 27.8. The van der Waals surface area contributed by atoms with Crippen LogP contribution in [0.5, 0.6) is 0 Å². The van der Waals surface area contributed by atoms with Crippen LogP contribution in [0.4, 0.5) is 0 Å². The summed E-state index contributed by atoms with van der Waals surface area (Å²) >= 11 is 0. The molecular weight excluding hydrogens is 209 g/mol. The Balaban J connectivity index is 0. The molecular formula is C5H14NNaO5S. The molecule has 0 aliphatic carbocycles. The Morgan fingerprint density at radius 2 is 1.85 bits per heavy atom. The third-order valence-corrected chi connectivity index (χ3v) is 1.97. The predicted molar refractivity (Wildman–Crippen MR) is 48.8 cm³/mol. The molecule has 0 amide bonds. The Kier molecular flexibility index (Phi) is 11.7. The summed E-state index contributed by atoms with van der Waals surface area (Å²) in [5, 5.41) is 16.6. The molecule has 3 N–H and O–H groups in total. The van der Waals surface area contributed by atoms with Crippen molar-refractivity contribution in [1.29, 1.82) is 0 Å². The van der Waals surface area contributed by atoms with Crippen LogP contribution in [-0.4, -0.2) is 74.6 Å². The summed E-state index contributed by atoms with van der Waals surface area (Å²) in [5.74, 6) is 0. The van der Waals surface area contributed by atoms with E-state index in [1.54, 1.807) is 0 Å². The molecule has 8 heteroatoms. The van der Waals surface area contributed by atoms with E-state index in [4.69, 9.17) is 10.2 Å². The first-order valence-corrected chi connectivity index (χ1v) is 4.89. The molecule has 0 saturated heterocycles. The van der Waals surface area contributed by atoms with Gasteiger partial charge < -0.3 is 10.2 Å². The van der Waals surface area contributed by atoms with E-state index in [0.717, 1.165) is 0 Å². The van der Waals surface area contributed by atoms with Crippen molar-refractivity contribution in [3.63, 3.8) is 0 Å². The monoisotopic (exact) mass is 223 g/mol. The predicted octanol–water partition coefficient (Wildman–Crippen LogP) is -2.44. The quantitative estimate of drug-likeness (QED) is 0.329. The molecule has 0 unspecified atom stereocenters. The Morgan fingerprint density at radius 1 is 1.23 bits per heavy atom. The summed E-state index contributed by atoms with van der Waals surface area (Å²) in [4.78, 5) is 0. The van der Waals surface area contributed by atoms with Crippen LogP contribution in [0.15, 0.2) is 0 Å². The van der Waals surface area contributed by atoms with E-state index in [2.05, 4.69) is 4.18 Å². The average molecular weight is 223 g/mol. The van der Waals surface area contributed by atoms with E-state index in [9.17, 15) is 8.42 Å². The first kappa shape index (κ1) is 16.2. The molecule has 6 nitrogen and oxygen atoms in total. The third kappa shape index (κ3) is 10.7. The standard InChI is InChI=1S/C5H13NO5S.Na.H/c7-3-1-5-11-12(9,10)6-2-4-8;;/h6-8H,1-5H2;;. The summed E-state index contributed by atoms with van der Waals surface area (Å²) in [6.07, 6.45) is 0.264. The van der Waals surface area contributed by atoms with Gasteiger partial charge in [-0.1, -0.05) is 0 Å². The van der Waals surface area contributed by atoms with Gasteiger partial charge in [0.25, 0.3) is 0 Å². The molecule has 0 aromatic carbocycles. The van der Waals surface area contributed by atoms with Crippen LogP contribution in [0.3, 0.4) is 0 Å². The van der Waals surface area contributed by atoms with Crippen molar-refractivity contribution < 1.29 is 22.8 Å². The van der Waals surface area contributed by atoms with Crippen LogP contribution in [-0.2, 0) is 14.5 Å². The van der Waals surface area contributed by atoms with Crippen molar-refractivity contribution in [2.75, 3.05) is 26.4 Å². The summed E-state index contributed by atoms with van der Waals surface area (Å²) in [6.45, 7) is -0.517. The number of rotatable bonds is 7. The van der Waals surface area contributed by atoms with Crippen LogP contribution in [0.25, 0.3) is 0 Å². The van der Waals surface area contributed by atoms with E-state index in [1.165, 1.54) is 0 Å². The maximum atomic E-state index is 10.7. The van der Waals surface area contributed by atoms with Gasteiger partial charge >= 0.3 is 39.9 Å². The zero-order chi connectivity index (χ0) is 9.45. The molecule has 0 aliphatic rings. The van der Waals surface area contributed by atoms with Crippen LogP contribution >= 0.6 is 0 Å². The van der Waals surface area contributed by atoms with Gasteiger partial charge in [-0.25, -0.2) is 0 Å². The van der Waals surface area contributed by atoms with Gasteiger partial charge in [0, 0.05) is 13.2 Å². The molecule has 0 spiro atoms. The van der Waals surface area contributed by atoms with Gasteiger partial charge in [-0.2, -0.15) is 13.1 Å². The second-order valence-electron chi connectivity index (χ2n) is 1.97. The fourth-order valence-electron chi connectivity index (χ4n) is 0.445. The van der Waals surface area contributed by atoms with Gasteiger partial charge in [0.15, 0.2) is 0 Å². The minimum absolute atomic E-state index is 0. The summed E-state index contributed by atoms with van der Waals surface area (Å²) in [7, 11) is -3.74. The van der Waals surface area contributed by atoms with Gasteiger partial charge in [-0.3, -0.25) is 4.18 Å². The van der Waals surface area contributed by atoms with E-state index in [1.807, 2.05) is 4.72 Å². The SMILES string of the molecule is O=S(=O)(NCCO)OCCCO.[NaH]. The fraction of sp³-hybridized carbons (Fsp3) is 1.00. The number of hydrogen-bond donors (Lipinski definition) is 3. The molecule has 0 heterocycles. The van der Waals surface area contributed by atoms with E-state index >= 15 is 0 Å². The molecule has 0 bridgehead atoms. The molecule has 0 atom stereocenters. The van der Waals surface area contributed by atoms with Crippen molar-refractivity contribution >= 4 is 39.9 Å². The minimum atomic E-state index is -3.74.